The Hall–Kier alpha value is -1.34. The Bertz CT molecular complexity index is 548. The molecule has 0 aliphatic heterocycles. The number of hydrogen-bond acceptors (Lipinski definition) is 6. The number of aromatic nitrogens is 2. The molecule has 0 saturated carbocycles. The van der Waals surface area contributed by atoms with Crippen molar-refractivity contribution >= 4 is 28.2 Å². The summed E-state index contributed by atoms with van der Waals surface area (Å²) in [7, 11) is 1.58. The fraction of sp³-hybridized carbons (Fsp3) is 0.333. The van der Waals surface area contributed by atoms with E-state index in [1.54, 1.807) is 13.2 Å². The van der Waals surface area contributed by atoms with Gasteiger partial charge in [0.1, 0.15) is 11.6 Å². The molecule has 19 heavy (non-hydrogen) atoms. The van der Waals surface area contributed by atoms with Crippen molar-refractivity contribution in [3.05, 3.63) is 29.6 Å². The van der Waals surface area contributed by atoms with E-state index in [1.807, 2.05) is 6.92 Å². The SMILES string of the molecule is CCNc1nnc(SCc2cc(F)ccc2OC)s1. The lowest BCUT2D eigenvalue weighted by atomic mass is 10.2. The lowest BCUT2D eigenvalue weighted by molar-refractivity contribution is 0.410. The molecule has 0 bridgehead atoms. The number of halogens is 1. The summed E-state index contributed by atoms with van der Waals surface area (Å²) in [5.41, 5.74) is 0.813. The first-order valence-corrected chi connectivity index (χ1v) is 7.55. The maximum atomic E-state index is 13.2. The summed E-state index contributed by atoms with van der Waals surface area (Å²) in [5, 5.41) is 12.0. The predicted molar refractivity (Wildman–Crippen MR) is 76.6 cm³/mol. The van der Waals surface area contributed by atoms with Crippen LogP contribution in [-0.4, -0.2) is 23.9 Å². The lowest BCUT2D eigenvalue weighted by Crippen LogP contribution is -1.94. The van der Waals surface area contributed by atoms with Gasteiger partial charge in [-0.2, -0.15) is 0 Å². The number of thioether (sulfide) groups is 1. The van der Waals surface area contributed by atoms with Crippen molar-refractivity contribution in [2.75, 3.05) is 19.0 Å². The van der Waals surface area contributed by atoms with Gasteiger partial charge in [-0.05, 0) is 25.1 Å². The van der Waals surface area contributed by atoms with Crippen LogP contribution in [0, 0.1) is 5.82 Å². The number of ether oxygens (including phenoxy) is 1. The van der Waals surface area contributed by atoms with Crippen LogP contribution in [0.5, 0.6) is 5.75 Å². The molecule has 1 aromatic carbocycles. The van der Waals surface area contributed by atoms with E-state index in [-0.39, 0.29) is 5.82 Å². The number of methoxy groups -OCH3 is 1. The topological polar surface area (TPSA) is 47.0 Å². The second-order valence-corrected chi connectivity index (χ2v) is 5.85. The van der Waals surface area contributed by atoms with Gasteiger partial charge in [0.05, 0.1) is 7.11 Å². The van der Waals surface area contributed by atoms with Gasteiger partial charge in [-0.15, -0.1) is 10.2 Å². The minimum absolute atomic E-state index is 0.262. The standard InChI is InChI=1S/C12H14FN3OS2/c1-3-14-11-15-16-12(19-11)18-7-8-6-9(13)4-5-10(8)17-2/h4-6H,3,7H2,1-2H3,(H,14,15). The Labute approximate surface area is 119 Å². The molecule has 0 unspecified atom stereocenters. The fourth-order valence-electron chi connectivity index (χ4n) is 1.49. The van der Waals surface area contributed by atoms with Crippen LogP contribution in [0.4, 0.5) is 9.52 Å². The van der Waals surface area contributed by atoms with E-state index < -0.39 is 0 Å². The van der Waals surface area contributed by atoms with E-state index >= 15 is 0 Å². The van der Waals surface area contributed by atoms with Gasteiger partial charge in [0.15, 0.2) is 4.34 Å². The molecule has 2 aromatic rings. The summed E-state index contributed by atoms with van der Waals surface area (Å²) in [5.74, 6) is 1.02. The van der Waals surface area contributed by atoms with E-state index in [0.717, 1.165) is 21.6 Å². The maximum absolute atomic E-state index is 13.2. The van der Waals surface area contributed by atoms with Crippen molar-refractivity contribution in [2.45, 2.75) is 17.0 Å². The van der Waals surface area contributed by atoms with E-state index in [1.165, 1.54) is 35.2 Å². The van der Waals surface area contributed by atoms with Crippen molar-refractivity contribution in [1.82, 2.24) is 10.2 Å². The molecule has 0 atom stereocenters. The molecule has 0 spiro atoms. The van der Waals surface area contributed by atoms with Crippen LogP contribution in [0.3, 0.4) is 0 Å². The molecule has 0 aliphatic rings. The molecule has 1 aromatic heterocycles. The maximum Gasteiger partial charge on any atom is 0.206 e. The first kappa shape index (κ1) is 14.1. The minimum Gasteiger partial charge on any atom is -0.496 e. The largest absolute Gasteiger partial charge is 0.496 e. The Balaban J connectivity index is 2.03. The summed E-state index contributed by atoms with van der Waals surface area (Å²) >= 11 is 3.01. The van der Waals surface area contributed by atoms with Gasteiger partial charge >= 0.3 is 0 Å². The van der Waals surface area contributed by atoms with E-state index in [2.05, 4.69) is 15.5 Å². The van der Waals surface area contributed by atoms with Gasteiger partial charge in [-0.3, -0.25) is 0 Å². The normalized spacial score (nSPS) is 10.5. The molecular weight excluding hydrogens is 285 g/mol. The zero-order valence-corrected chi connectivity index (χ0v) is 12.3. The zero-order valence-electron chi connectivity index (χ0n) is 10.6. The highest BCUT2D eigenvalue weighted by atomic mass is 32.2. The van der Waals surface area contributed by atoms with Crippen LogP contribution in [0.1, 0.15) is 12.5 Å². The lowest BCUT2D eigenvalue weighted by Gasteiger charge is -2.06. The molecule has 0 saturated heterocycles. The molecule has 7 heteroatoms. The molecule has 0 aliphatic carbocycles. The first-order chi connectivity index (χ1) is 9.22. The molecule has 1 heterocycles. The zero-order chi connectivity index (χ0) is 13.7. The van der Waals surface area contributed by atoms with Crippen LogP contribution < -0.4 is 10.1 Å². The van der Waals surface area contributed by atoms with Gasteiger partial charge in [-0.25, -0.2) is 4.39 Å². The number of nitrogens with zero attached hydrogens (tertiary/aromatic N) is 2. The van der Waals surface area contributed by atoms with Crippen LogP contribution in [0.15, 0.2) is 22.5 Å². The van der Waals surface area contributed by atoms with Gasteiger partial charge in [0, 0.05) is 17.9 Å². The molecule has 0 fully saturated rings. The smallest absolute Gasteiger partial charge is 0.206 e. The van der Waals surface area contributed by atoms with Gasteiger partial charge < -0.3 is 10.1 Å². The average molecular weight is 299 g/mol. The van der Waals surface area contributed by atoms with E-state index in [0.29, 0.717) is 11.5 Å². The number of rotatable bonds is 6. The molecule has 4 nitrogen and oxygen atoms in total. The monoisotopic (exact) mass is 299 g/mol. The summed E-state index contributed by atoms with van der Waals surface area (Å²) < 4.78 is 19.3. The van der Waals surface area contributed by atoms with E-state index in [4.69, 9.17) is 4.74 Å². The van der Waals surface area contributed by atoms with Crippen molar-refractivity contribution in [3.8, 4) is 5.75 Å². The van der Waals surface area contributed by atoms with Gasteiger partial charge in [-0.1, -0.05) is 23.1 Å². The third-order valence-corrected chi connectivity index (χ3v) is 4.39. The Kier molecular flexibility index (Phi) is 4.98. The molecule has 0 amide bonds. The molecule has 2 rings (SSSR count). The van der Waals surface area contributed by atoms with Crippen molar-refractivity contribution in [2.24, 2.45) is 0 Å². The molecule has 102 valence electrons. The minimum atomic E-state index is -0.262. The highest BCUT2D eigenvalue weighted by Gasteiger charge is 2.08. The third kappa shape index (κ3) is 3.81. The second-order valence-electron chi connectivity index (χ2n) is 3.65. The highest BCUT2D eigenvalue weighted by molar-refractivity contribution is 8.00. The predicted octanol–water partition coefficient (Wildman–Crippen LogP) is 3.41. The van der Waals surface area contributed by atoms with Gasteiger partial charge in [0.25, 0.3) is 0 Å². The number of benzene rings is 1. The highest BCUT2D eigenvalue weighted by Crippen LogP contribution is 2.31. The number of anilines is 1. The number of hydrogen-bond donors (Lipinski definition) is 1. The van der Waals surface area contributed by atoms with Crippen LogP contribution in [0.25, 0.3) is 0 Å². The summed E-state index contributed by atoms with van der Waals surface area (Å²) in [6.07, 6.45) is 0. The first-order valence-electron chi connectivity index (χ1n) is 5.75. The van der Waals surface area contributed by atoms with Crippen LogP contribution in [-0.2, 0) is 5.75 Å². The van der Waals surface area contributed by atoms with Crippen LogP contribution in [0.2, 0.25) is 0 Å². The van der Waals surface area contributed by atoms with E-state index in [9.17, 15) is 4.39 Å². The molecular formula is C12H14FN3OS2. The second kappa shape index (κ2) is 6.72. The Morgan fingerprint density at radius 1 is 1.42 bits per heavy atom. The average Bonchev–Trinajstić information content (AvgIpc) is 2.85. The molecule has 0 radical (unpaired) electrons. The summed E-state index contributed by atoms with van der Waals surface area (Å²) in [6.45, 7) is 2.82. The third-order valence-electron chi connectivity index (χ3n) is 2.33. The fourth-order valence-corrected chi connectivity index (χ4v) is 3.29. The molecule has 1 N–H and O–H groups in total. The van der Waals surface area contributed by atoms with Crippen molar-refractivity contribution in [3.63, 3.8) is 0 Å². The summed E-state index contributed by atoms with van der Waals surface area (Å²) in [6, 6.07) is 4.51. The van der Waals surface area contributed by atoms with Gasteiger partial charge in [0.2, 0.25) is 5.13 Å². The summed E-state index contributed by atoms with van der Waals surface area (Å²) in [4.78, 5) is 0. The number of nitrogens with one attached hydrogen (secondary N) is 1. The van der Waals surface area contributed by atoms with Crippen LogP contribution >= 0.6 is 23.1 Å². The van der Waals surface area contributed by atoms with Crippen molar-refractivity contribution < 1.29 is 9.13 Å². The quantitative estimate of drug-likeness (QED) is 0.828. The Morgan fingerprint density at radius 2 is 2.26 bits per heavy atom. The van der Waals surface area contributed by atoms with Crippen molar-refractivity contribution in [1.29, 1.82) is 0 Å². The Morgan fingerprint density at radius 3 is 3.00 bits per heavy atom.